The van der Waals surface area contributed by atoms with E-state index in [2.05, 4.69) is 11.5 Å². The van der Waals surface area contributed by atoms with Gasteiger partial charge in [0.15, 0.2) is 11.5 Å². The highest BCUT2D eigenvalue weighted by molar-refractivity contribution is 6.33. The van der Waals surface area contributed by atoms with E-state index in [0.29, 0.717) is 22.1 Å². The molecule has 0 aliphatic carbocycles. The first-order chi connectivity index (χ1) is 11.6. The molecule has 6 heteroatoms. The maximum Gasteiger partial charge on any atom is 0.246 e. The molecule has 0 atom stereocenters. The van der Waals surface area contributed by atoms with E-state index in [1.54, 1.807) is 31.4 Å². The molecule has 1 fully saturated rings. The van der Waals surface area contributed by atoms with Crippen molar-refractivity contribution in [2.75, 3.05) is 46.9 Å². The van der Waals surface area contributed by atoms with Crippen LogP contribution in [0.25, 0.3) is 6.08 Å². The zero-order valence-corrected chi connectivity index (χ0v) is 14.9. The molecule has 2 rings (SSSR count). The van der Waals surface area contributed by atoms with Crippen molar-refractivity contribution in [2.24, 2.45) is 0 Å². The number of rotatable bonds is 6. The van der Waals surface area contributed by atoms with Crippen LogP contribution in [0.15, 0.2) is 30.9 Å². The standard InChI is InChI=1S/C18H23ClN2O3/c1-4-9-20-10-12-21(13-11-20)16(22)8-6-14-5-7-15(23-2)18(24-3)17(14)19/h4-8H,1,9-13H2,2-3H3/b8-6+. The maximum absolute atomic E-state index is 12.3. The van der Waals surface area contributed by atoms with Crippen LogP contribution >= 0.6 is 11.6 Å². The molecule has 1 aromatic rings. The second-order valence-electron chi connectivity index (χ2n) is 5.45. The molecule has 0 radical (unpaired) electrons. The van der Waals surface area contributed by atoms with Gasteiger partial charge < -0.3 is 14.4 Å². The summed E-state index contributed by atoms with van der Waals surface area (Å²) < 4.78 is 10.5. The van der Waals surface area contributed by atoms with Crippen LogP contribution in [-0.2, 0) is 4.79 Å². The molecule has 1 aromatic carbocycles. The Bertz CT molecular complexity index is 623. The average Bonchev–Trinajstić information content (AvgIpc) is 2.61. The van der Waals surface area contributed by atoms with E-state index in [9.17, 15) is 4.79 Å². The van der Waals surface area contributed by atoms with Gasteiger partial charge in [0.25, 0.3) is 0 Å². The van der Waals surface area contributed by atoms with Gasteiger partial charge in [0.05, 0.1) is 19.2 Å². The highest BCUT2D eigenvalue weighted by atomic mass is 35.5. The Morgan fingerprint density at radius 1 is 1.25 bits per heavy atom. The normalized spacial score (nSPS) is 15.5. The number of hydrogen-bond acceptors (Lipinski definition) is 4. The molecule has 0 aromatic heterocycles. The molecule has 0 saturated carbocycles. The number of halogens is 1. The first-order valence-electron chi connectivity index (χ1n) is 7.81. The van der Waals surface area contributed by atoms with E-state index in [1.165, 1.54) is 7.11 Å². The van der Waals surface area contributed by atoms with Gasteiger partial charge in [-0.05, 0) is 23.8 Å². The van der Waals surface area contributed by atoms with Gasteiger partial charge in [-0.3, -0.25) is 9.69 Å². The van der Waals surface area contributed by atoms with E-state index in [4.69, 9.17) is 21.1 Å². The van der Waals surface area contributed by atoms with Gasteiger partial charge >= 0.3 is 0 Å². The molecule has 1 aliphatic rings. The van der Waals surface area contributed by atoms with Crippen molar-refractivity contribution in [3.05, 3.63) is 41.4 Å². The summed E-state index contributed by atoms with van der Waals surface area (Å²) in [7, 11) is 3.09. The Hall–Kier alpha value is -1.98. The number of nitrogens with zero attached hydrogens (tertiary/aromatic N) is 2. The minimum atomic E-state index is -0.0147. The lowest BCUT2D eigenvalue weighted by Crippen LogP contribution is -2.48. The van der Waals surface area contributed by atoms with Crippen LogP contribution in [0.5, 0.6) is 11.5 Å². The Morgan fingerprint density at radius 2 is 1.96 bits per heavy atom. The zero-order chi connectivity index (χ0) is 17.5. The van der Waals surface area contributed by atoms with E-state index in [1.807, 2.05) is 11.0 Å². The lowest BCUT2D eigenvalue weighted by molar-refractivity contribution is -0.127. The molecule has 24 heavy (non-hydrogen) atoms. The lowest BCUT2D eigenvalue weighted by Gasteiger charge is -2.33. The van der Waals surface area contributed by atoms with Crippen LogP contribution in [0.2, 0.25) is 5.02 Å². The van der Waals surface area contributed by atoms with Crippen LogP contribution < -0.4 is 9.47 Å². The van der Waals surface area contributed by atoms with Gasteiger partial charge in [0, 0.05) is 38.8 Å². The first kappa shape index (κ1) is 18.4. The van der Waals surface area contributed by atoms with Crippen molar-refractivity contribution < 1.29 is 14.3 Å². The molecule has 0 bridgehead atoms. The number of methoxy groups -OCH3 is 2. The Balaban J connectivity index is 2.03. The van der Waals surface area contributed by atoms with E-state index >= 15 is 0 Å². The van der Waals surface area contributed by atoms with Crippen molar-refractivity contribution >= 4 is 23.6 Å². The minimum Gasteiger partial charge on any atom is -0.493 e. The highest BCUT2D eigenvalue weighted by Gasteiger charge is 2.19. The molecular formula is C18H23ClN2O3. The van der Waals surface area contributed by atoms with E-state index in [0.717, 1.165) is 32.7 Å². The van der Waals surface area contributed by atoms with Crippen LogP contribution in [0.3, 0.4) is 0 Å². The molecule has 1 aliphatic heterocycles. The number of piperazine rings is 1. The van der Waals surface area contributed by atoms with Crippen LogP contribution in [0.4, 0.5) is 0 Å². The quantitative estimate of drug-likeness (QED) is 0.584. The Morgan fingerprint density at radius 3 is 2.54 bits per heavy atom. The Labute approximate surface area is 148 Å². The molecule has 130 valence electrons. The summed E-state index contributed by atoms with van der Waals surface area (Å²) in [6.07, 6.45) is 5.15. The fourth-order valence-electron chi connectivity index (χ4n) is 2.63. The van der Waals surface area contributed by atoms with Gasteiger partial charge in [0.1, 0.15) is 0 Å². The summed E-state index contributed by atoms with van der Waals surface area (Å²) in [6.45, 7) is 7.77. The van der Waals surface area contributed by atoms with Crippen molar-refractivity contribution in [3.63, 3.8) is 0 Å². The van der Waals surface area contributed by atoms with Crippen molar-refractivity contribution in [3.8, 4) is 11.5 Å². The molecule has 0 unspecified atom stereocenters. The van der Waals surface area contributed by atoms with Crippen LogP contribution in [0.1, 0.15) is 5.56 Å². The summed E-state index contributed by atoms with van der Waals surface area (Å²) in [6, 6.07) is 3.57. The molecule has 0 N–H and O–H groups in total. The summed E-state index contributed by atoms with van der Waals surface area (Å²) in [5.41, 5.74) is 0.716. The number of carbonyl (C=O) groups is 1. The van der Waals surface area contributed by atoms with Gasteiger partial charge in [-0.2, -0.15) is 0 Å². The predicted octanol–water partition coefficient (Wildman–Crippen LogP) is 2.70. The molecule has 1 amide bonds. The number of amides is 1. The Kier molecular flexibility index (Phi) is 6.70. The average molecular weight is 351 g/mol. The first-order valence-corrected chi connectivity index (χ1v) is 8.19. The molecular weight excluding hydrogens is 328 g/mol. The van der Waals surface area contributed by atoms with Gasteiger partial charge in [0.2, 0.25) is 5.91 Å². The summed E-state index contributed by atoms with van der Waals surface area (Å²) in [5, 5.41) is 0.428. The largest absolute Gasteiger partial charge is 0.493 e. The van der Waals surface area contributed by atoms with E-state index < -0.39 is 0 Å². The van der Waals surface area contributed by atoms with Gasteiger partial charge in [-0.1, -0.05) is 17.7 Å². The van der Waals surface area contributed by atoms with Crippen LogP contribution in [0, 0.1) is 0 Å². The van der Waals surface area contributed by atoms with Crippen LogP contribution in [-0.4, -0.2) is 62.7 Å². The monoisotopic (exact) mass is 350 g/mol. The topological polar surface area (TPSA) is 42.0 Å². The third-order valence-corrected chi connectivity index (χ3v) is 4.38. The molecule has 5 nitrogen and oxygen atoms in total. The van der Waals surface area contributed by atoms with Crippen molar-refractivity contribution in [1.29, 1.82) is 0 Å². The van der Waals surface area contributed by atoms with Crippen molar-refractivity contribution in [1.82, 2.24) is 9.80 Å². The highest BCUT2D eigenvalue weighted by Crippen LogP contribution is 2.37. The third kappa shape index (κ3) is 4.30. The second-order valence-corrected chi connectivity index (χ2v) is 5.83. The SMILES string of the molecule is C=CCN1CCN(C(=O)/C=C/c2ccc(OC)c(OC)c2Cl)CC1. The summed E-state index contributed by atoms with van der Waals surface area (Å²) in [5.74, 6) is 1.01. The fraction of sp³-hybridized carbons (Fsp3) is 0.389. The maximum atomic E-state index is 12.3. The van der Waals surface area contributed by atoms with Gasteiger partial charge in [-0.25, -0.2) is 0 Å². The minimum absolute atomic E-state index is 0.0147. The molecule has 0 spiro atoms. The molecule has 1 heterocycles. The zero-order valence-electron chi connectivity index (χ0n) is 14.1. The summed E-state index contributed by atoms with van der Waals surface area (Å²) in [4.78, 5) is 16.4. The number of ether oxygens (including phenoxy) is 2. The lowest BCUT2D eigenvalue weighted by atomic mass is 10.1. The summed E-state index contributed by atoms with van der Waals surface area (Å²) >= 11 is 6.32. The second kappa shape index (κ2) is 8.76. The number of carbonyl (C=O) groups excluding carboxylic acids is 1. The third-order valence-electron chi connectivity index (χ3n) is 3.99. The fourth-order valence-corrected chi connectivity index (χ4v) is 2.93. The molecule has 1 saturated heterocycles. The van der Waals surface area contributed by atoms with Crippen molar-refractivity contribution in [2.45, 2.75) is 0 Å². The number of benzene rings is 1. The van der Waals surface area contributed by atoms with E-state index in [-0.39, 0.29) is 5.91 Å². The number of hydrogen-bond donors (Lipinski definition) is 0. The smallest absolute Gasteiger partial charge is 0.246 e. The predicted molar refractivity (Wildman–Crippen MR) is 96.8 cm³/mol. The van der Waals surface area contributed by atoms with Gasteiger partial charge in [-0.15, -0.1) is 6.58 Å².